The van der Waals surface area contributed by atoms with E-state index in [1.807, 2.05) is 31.2 Å². The van der Waals surface area contributed by atoms with Gasteiger partial charge in [-0.05, 0) is 43.7 Å². The van der Waals surface area contributed by atoms with E-state index in [2.05, 4.69) is 0 Å². The Morgan fingerprint density at radius 1 is 1.16 bits per heavy atom. The maximum absolute atomic E-state index is 9.75. The smallest absolute Gasteiger partial charge is 0.125 e. The van der Waals surface area contributed by atoms with E-state index in [0.29, 0.717) is 12.4 Å². The summed E-state index contributed by atoms with van der Waals surface area (Å²) in [4.78, 5) is 0. The maximum atomic E-state index is 9.75. The average Bonchev–Trinajstić information content (AvgIpc) is 2.37. The quantitative estimate of drug-likeness (QED) is 0.884. The number of aryl methyl sites for hydroxylation is 1. The van der Waals surface area contributed by atoms with Gasteiger partial charge in [0.15, 0.2) is 0 Å². The van der Waals surface area contributed by atoms with Gasteiger partial charge in [0, 0.05) is 5.56 Å². The zero-order chi connectivity index (χ0) is 13.8. The van der Waals surface area contributed by atoms with E-state index in [1.165, 1.54) is 0 Å². The maximum Gasteiger partial charge on any atom is 0.125 e. The zero-order valence-electron chi connectivity index (χ0n) is 11.1. The number of benzene rings is 2. The van der Waals surface area contributed by atoms with Crippen molar-refractivity contribution in [1.82, 2.24) is 0 Å². The van der Waals surface area contributed by atoms with Crippen LogP contribution in [0.4, 0.5) is 0 Å². The molecule has 2 aromatic rings. The van der Waals surface area contributed by atoms with Gasteiger partial charge in [-0.15, -0.1) is 0 Å². The van der Waals surface area contributed by atoms with E-state index in [1.54, 1.807) is 25.1 Å². The molecule has 3 heteroatoms. The number of hydrogen-bond acceptors (Lipinski definition) is 3. The van der Waals surface area contributed by atoms with Crippen molar-refractivity contribution < 1.29 is 14.9 Å². The highest BCUT2D eigenvalue weighted by atomic mass is 16.5. The molecule has 2 aromatic carbocycles. The van der Waals surface area contributed by atoms with Crippen LogP contribution >= 0.6 is 0 Å². The fraction of sp³-hybridized carbons (Fsp3) is 0.250. The van der Waals surface area contributed by atoms with Gasteiger partial charge in [0.05, 0.1) is 6.10 Å². The molecule has 0 heterocycles. The molecule has 0 bridgehead atoms. The number of aromatic hydroxyl groups is 1. The first kappa shape index (κ1) is 13.4. The van der Waals surface area contributed by atoms with Crippen molar-refractivity contribution in [3.05, 3.63) is 59.2 Å². The summed E-state index contributed by atoms with van der Waals surface area (Å²) in [5.74, 6) is 0.893. The van der Waals surface area contributed by atoms with Crippen molar-refractivity contribution in [1.29, 1.82) is 0 Å². The molecule has 0 saturated heterocycles. The summed E-state index contributed by atoms with van der Waals surface area (Å²) in [6.45, 7) is 4.05. The van der Waals surface area contributed by atoms with E-state index in [9.17, 15) is 10.2 Å². The molecule has 0 radical (unpaired) electrons. The lowest BCUT2D eigenvalue weighted by molar-refractivity contribution is 0.190. The van der Waals surface area contributed by atoms with Gasteiger partial charge in [0.25, 0.3) is 0 Å². The molecule has 2 N–H and O–H groups in total. The van der Waals surface area contributed by atoms with Gasteiger partial charge in [-0.1, -0.05) is 23.8 Å². The van der Waals surface area contributed by atoms with Crippen LogP contribution in [-0.2, 0) is 6.61 Å². The molecule has 0 fully saturated rings. The summed E-state index contributed by atoms with van der Waals surface area (Å²) >= 11 is 0. The molecular formula is C16H18O3. The highest BCUT2D eigenvalue weighted by molar-refractivity contribution is 5.38. The highest BCUT2D eigenvalue weighted by Gasteiger charge is 2.09. The summed E-state index contributed by atoms with van der Waals surface area (Å²) in [6.07, 6.45) is -0.570. The highest BCUT2D eigenvalue weighted by Crippen LogP contribution is 2.27. The molecule has 3 nitrogen and oxygen atoms in total. The molecule has 0 aliphatic carbocycles. The second-order valence-electron chi connectivity index (χ2n) is 4.68. The summed E-state index contributed by atoms with van der Waals surface area (Å²) in [5, 5.41) is 19.1. The van der Waals surface area contributed by atoms with Gasteiger partial charge >= 0.3 is 0 Å². The van der Waals surface area contributed by atoms with Crippen LogP contribution in [0.15, 0.2) is 42.5 Å². The average molecular weight is 258 g/mol. The predicted octanol–water partition coefficient (Wildman–Crippen LogP) is 3.33. The minimum Gasteiger partial charge on any atom is -0.508 e. The van der Waals surface area contributed by atoms with Crippen molar-refractivity contribution in [2.75, 3.05) is 0 Å². The number of phenolic OH excluding ortho intramolecular Hbond substituents is 1. The largest absolute Gasteiger partial charge is 0.508 e. The van der Waals surface area contributed by atoms with Crippen LogP contribution in [-0.4, -0.2) is 10.2 Å². The minimum absolute atomic E-state index is 0.223. The van der Waals surface area contributed by atoms with Gasteiger partial charge in [0.1, 0.15) is 18.1 Å². The molecule has 0 amide bonds. The number of aliphatic hydroxyl groups is 1. The molecular weight excluding hydrogens is 240 g/mol. The first-order valence-corrected chi connectivity index (χ1v) is 6.25. The summed E-state index contributed by atoms with van der Waals surface area (Å²) in [6, 6.07) is 12.7. The lowest BCUT2D eigenvalue weighted by Gasteiger charge is -2.14. The Hall–Kier alpha value is -2.00. The van der Waals surface area contributed by atoms with Gasteiger partial charge in [0.2, 0.25) is 0 Å². The summed E-state index contributed by atoms with van der Waals surface area (Å²) in [7, 11) is 0. The molecule has 0 spiro atoms. The second kappa shape index (κ2) is 5.76. The van der Waals surface area contributed by atoms with Gasteiger partial charge < -0.3 is 14.9 Å². The van der Waals surface area contributed by atoms with Crippen LogP contribution in [0.25, 0.3) is 0 Å². The number of phenols is 1. The number of aliphatic hydroxyl groups excluding tert-OH is 1. The van der Waals surface area contributed by atoms with Gasteiger partial charge in [-0.3, -0.25) is 0 Å². The van der Waals surface area contributed by atoms with Crippen LogP contribution in [0.5, 0.6) is 11.5 Å². The fourth-order valence-corrected chi connectivity index (χ4v) is 1.93. The van der Waals surface area contributed by atoms with Crippen molar-refractivity contribution in [2.24, 2.45) is 0 Å². The number of rotatable bonds is 4. The third-order valence-electron chi connectivity index (χ3n) is 2.92. The van der Waals surface area contributed by atoms with E-state index in [4.69, 9.17) is 4.74 Å². The monoisotopic (exact) mass is 258 g/mol. The van der Waals surface area contributed by atoms with Crippen molar-refractivity contribution in [2.45, 2.75) is 26.6 Å². The third-order valence-corrected chi connectivity index (χ3v) is 2.92. The Morgan fingerprint density at radius 2 is 1.95 bits per heavy atom. The topological polar surface area (TPSA) is 49.7 Å². The van der Waals surface area contributed by atoms with E-state index in [-0.39, 0.29) is 5.75 Å². The Balaban J connectivity index is 2.15. The summed E-state index contributed by atoms with van der Waals surface area (Å²) < 4.78 is 5.72. The van der Waals surface area contributed by atoms with Crippen molar-refractivity contribution in [3.8, 4) is 11.5 Å². The SMILES string of the molecule is Cc1ccc(OCc2cccc(O)c2)c([C@@H](C)O)c1. The Labute approximate surface area is 113 Å². The van der Waals surface area contributed by atoms with E-state index >= 15 is 0 Å². The van der Waals surface area contributed by atoms with Crippen LogP contribution in [0.1, 0.15) is 29.7 Å². The lowest BCUT2D eigenvalue weighted by Crippen LogP contribution is -2.01. The van der Waals surface area contributed by atoms with Crippen molar-refractivity contribution in [3.63, 3.8) is 0 Å². The minimum atomic E-state index is -0.570. The van der Waals surface area contributed by atoms with E-state index < -0.39 is 6.10 Å². The van der Waals surface area contributed by atoms with Gasteiger partial charge in [-0.25, -0.2) is 0 Å². The molecule has 100 valence electrons. The molecule has 2 rings (SSSR count). The van der Waals surface area contributed by atoms with Crippen LogP contribution in [0.3, 0.4) is 0 Å². The predicted molar refractivity (Wildman–Crippen MR) is 74.3 cm³/mol. The Bertz CT molecular complexity index is 562. The Morgan fingerprint density at radius 3 is 2.63 bits per heavy atom. The van der Waals surface area contributed by atoms with Crippen molar-refractivity contribution >= 4 is 0 Å². The Kier molecular flexibility index (Phi) is 4.07. The first-order valence-electron chi connectivity index (χ1n) is 6.25. The summed E-state index contributed by atoms with van der Waals surface area (Å²) in [5.41, 5.74) is 2.75. The van der Waals surface area contributed by atoms with E-state index in [0.717, 1.165) is 16.7 Å². The molecule has 19 heavy (non-hydrogen) atoms. The standard InChI is InChI=1S/C16H18O3/c1-11-6-7-16(15(8-11)12(2)17)19-10-13-4-3-5-14(18)9-13/h3-9,12,17-18H,10H2,1-2H3/t12-/m1/s1. The third kappa shape index (κ3) is 3.48. The van der Waals surface area contributed by atoms with Gasteiger partial charge in [-0.2, -0.15) is 0 Å². The first-order chi connectivity index (χ1) is 9.06. The zero-order valence-corrected chi connectivity index (χ0v) is 11.1. The molecule has 0 saturated carbocycles. The normalized spacial score (nSPS) is 12.2. The van der Waals surface area contributed by atoms with Crippen LogP contribution in [0.2, 0.25) is 0 Å². The van der Waals surface area contributed by atoms with Crippen LogP contribution in [0, 0.1) is 6.92 Å². The lowest BCUT2D eigenvalue weighted by atomic mass is 10.1. The number of ether oxygens (including phenoxy) is 1. The molecule has 0 aliphatic rings. The fourth-order valence-electron chi connectivity index (χ4n) is 1.93. The molecule has 0 unspecified atom stereocenters. The molecule has 1 atom stereocenters. The molecule has 0 aliphatic heterocycles. The van der Waals surface area contributed by atoms with Crippen LogP contribution < -0.4 is 4.74 Å². The number of hydrogen-bond donors (Lipinski definition) is 2. The molecule has 0 aromatic heterocycles. The second-order valence-corrected chi connectivity index (χ2v) is 4.68.